The average molecular weight is 1500 g/mol. The molecule has 0 aromatic rings. The molecule has 0 aromatic carbocycles. The Bertz CT molecular complexity index is 2690. The lowest BCUT2D eigenvalue weighted by Gasteiger charge is -2.21. The van der Waals surface area contributed by atoms with Gasteiger partial charge in [0.15, 0.2) is 6.10 Å². The molecule has 0 amide bonds. The van der Waals surface area contributed by atoms with E-state index in [1.807, 2.05) is 0 Å². The maximum absolute atomic E-state index is 13.0. The molecular formula is C87H140O16P2. The number of rotatable bonds is 73. The molecule has 0 saturated heterocycles. The summed E-state index contributed by atoms with van der Waals surface area (Å²) >= 11 is 0. The SMILES string of the molecule is CC/C=C\C/C=C\C/C=C\C/C=C\C/C=C\C/C=C\CCCCCCCCCCCCC(=O)OCC(O)COP(=O)(O)OCC(O)COP(=O)(O)OCC(COC(=O)CCCC/C=C\C/C=C\C/C=C\C/C=C\C/C=C\C/C=C\CC)OC(=O)CCCCCCCC/C=C\C/C=C\C/C=C\C/C=C\CC. The minimum absolute atomic E-state index is 0.0706. The molecule has 0 bridgehead atoms. The summed E-state index contributed by atoms with van der Waals surface area (Å²) in [4.78, 5) is 58.7. The molecule has 105 heavy (non-hydrogen) atoms. The molecule has 0 aliphatic carbocycles. The van der Waals surface area contributed by atoms with Crippen LogP contribution in [0.1, 0.15) is 278 Å². The van der Waals surface area contributed by atoms with Crippen LogP contribution in [0.15, 0.2) is 194 Å². The lowest BCUT2D eigenvalue weighted by atomic mass is 10.1. The second-order valence-electron chi connectivity index (χ2n) is 25.7. The molecule has 0 saturated carbocycles. The van der Waals surface area contributed by atoms with Crippen molar-refractivity contribution in [2.24, 2.45) is 0 Å². The van der Waals surface area contributed by atoms with Gasteiger partial charge in [0, 0.05) is 19.3 Å². The number of hydrogen-bond acceptors (Lipinski definition) is 14. The van der Waals surface area contributed by atoms with Crippen LogP contribution in [-0.4, -0.2) is 95.9 Å². The summed E-state index contributed by atoms with van der Waals surface area (Å²) in [6.07, 6.45) is 102. The molecule has 0 aliphatic heterocycles. The van der Waals surface area contributed by atoms with Crippen LogP contribution in [0.2, 0.25) is 0 Å². The summed E-state index contributed by atoms with van der Waals surface area (Å²) in [7, 11) is -9.83. The van der Waals surface area contributed by atoms with Gasteiger partial charge < -0.3 is 34.2 Å². The van der Waals surface area contributed by atoms with Crippen LogP contribution >= 0.6 is 15.6 Å². The molecule has 0 aliphatic rings. The third-order valence-electron chi connectivity index (χ3n) is 15.8. The Kier molecular flexibility index (Phi) is 73.8. The first kappa shape index (κ1) is 99.4. The second kappa shape index (κ2) is 78.0. The van der Waals surface area contributed by atoms with Crippen LogP contribution in [0.3, 0.4) is 0 Å². The highest BCUT2D eigenvalue weighted by Crippen LogP contribution is 2.45. The second-order valence-corrected chi connectivity index (χ2v) is 28.6. The van der Waals surface area contributed by atoms with E-state index in [0.717, 1.165) is 186 Å². The van der Waals surface area contributed by atoms with E-state index >= 15 is 0 Å². The van der Waals surface area contributed by atoms with Gasteiger partial charge in [-0.05, 0) is 161 Å². The standard InChI is InChI=1S/C87H140O16P2/c1-4-7-10-13-16-19-22-25-28-31-34-36-37-38-39-40-41-42-43-45-48-49-52-55-58-61-64-67-70-73-85(90)97-76-82(88)77-99-104(93,94)100-78-83(89)79-101-105(95,96)102-81-84(103-87(92)75-72-69-66-63-60-57-54-51-46-33-30-27-24-21-18-15-12-9-6-3)80-98-86(91)74-71-68-65-62-59-56-53-50-47-44-35-32-29-26-23-20-17-14-11-8-5-2/h7-12,16-21,25-30,34-36,38-39,41-42,44,46,50-51,53,59,62,82-84,88-89H,4-6,13-15,22-24,31-33,37,40,43,45,47-49,52,54-58,60-61,63-81H2,1-3H3,(H,93,94)(H,95,96)/b10-7-,11-8-,12-9-,19-16-,20-17-,21-18-,28-25-,29-26-,30-27-,36-34-,39-38-,42-41-,44-35-,51-46-,53-50-,62-59-. The van der Waals surface area contributed by atoms with E-state index in [1.54, 1.807) is 0 Å². The molecule has 0 heterocycles. The highest BCUT2D eigenvalue weighted by molar-refractivity contribution is 7.47. The quantitative estimate of drug-likeness (QED) is 0.0146. The van der Waals surface area contributed by atoms with Crippen LogP contribution in [0.5, 0.6) is 0 Å². The molecule has 0 fully saturated rings. The van der Waals surface area contributed by atoms with E-state index in [4.69, 9.17) is 32.3 Å². The van der Waals surface area contributed by atoms with Crippen LogP contribution < -0.4 is 0 Å². The maximum atomic E-state index is 13.0. The molecule has 5 unspecified atom stereocenters. The van der Waals surface area contributed by atoms with Crippen LogP contribution in [0.4, 0.5) is 0 Å². The van der Waals surface area contributed by atoms with Gasteiger partial charge in [0.2, 0.25) is 0 Å². The smallest absolute Gasteiger partial charge is 0.463 e. The zero-order valence-electron chi connectivity index (χ0n) is 64.8. The fourth-order valence-corrected chi connectivity index (χ4v) is 11.4. The monoisotopic (exact) mass is 1500 g/mol. The van der Waals surface area contributed by atoms with E-state index < -0.39 is 91.5 Å². The lowest BCUT2D eigenvalue weighted by molar-refractivity contribution is -0.161. The predicted octanol–water partition coefficient (Wildman–Crippen LogP) is 23.5. The first-order valence-corrected chi connectivity index (χ1v) is 42.7. The van der Waals surface area contributed by atoms with Crippen molar-refractivity contribution < 1.29 is 75.8 Å². The maximum Gasteiger partial charge on any atom is 0.472 e. The number of phosphoric acid groups is 2. The summed E-state index contributed by atoms with van der Waals surface area (Å²) in [5, 5.41) is 20.7. The molecule has 0 spiro atoms. The molecule has 0 rings (SSSR count). The van der Waals surface area contributed by atoms with Crippen molar-refractivity contribution >= 4 is 33.6 Å². The van der Waals surface area contributed by atoms with Crippen LogP contribution in [-0.2, 0) is 55.8 Å². The molecular weight excluding hydrogens is 1360 g/mol. The van der Waals surface area contributed by atoms with Crippen molar-refractivity contribution in [3.05, 3.63) is 194 Å². The summed E-state index contributed by atoms with van der Waals surface area (Å²) in [6, 6.07) is 0. The van der Waals surface area contributed by atoms with Gasteiger partial charge in [0.1, 0.15) is 25.4 Å². The van der Waals surface area contributed by atoms with E-state index in [1.165, 1.54) is 32.1 Å². The average Bonchev–Trinajstić information content (AvgIpc) is 0.911. The van der Waals surface area contributed by atoms with E-state index in [0.29, 0.717) is 19.3 Å². The fraction of sp³-hybridized carbons (Fsp3) is 0.598. The summed E-state index contributed by atoms with van der Waals surface area (Å²) in [5.41, 5.74) is 0. The van der Waals surface area contributed by atoms with Gasteiger partial charge in [0.25, 0.3) is 0 Å². The van der Waals surface area contributed by atoms with E-state index in [9.17, 15) is 43.5 Å². The Morgan fingerprint density at radius 2 is 0.476 bits per heavy atom. The number of aliphatic hydroxyl groups excluding tert-OH is 2. The molecule has 4 N–H and O–H groups in total. The minimum Gasteiger partial charge on any atom is -0.463 e. The highest BCUT2D eigenvalue weighted by Gasteiger charge is 2.29. The Hall–Kier alpha value is -5.61. The fourth-order valence-electron chi connectivity index (χ4n) is 9.86. The van der Waals surface area contributed by atoms with Crippen molar-refractivity contribution in [1.82, 2.24) is 0 Å². The molecule has 5 atom stereocenters. The van der Waals surface area contributed by atoms with Crippen LogP contribution in [0, 0.1) is 0 Å². The van der Waals surface area contributed by atoms with Crippen molar-refractivity contribution in [2.75, 3.05) is 39.6 Å². The number of carbonyl (C=O) groups excluding carboxylic acids is 3. The van der Waals surface area contributed by atoms with Gasteiger partial charge in [-0.3, -0.25) is 32.5 Å². The number of aliphatic hydroxyl groups is 2. The Labute approximate surface area is 636 Å². The van der Waals surface area contributed by atoms with Gasteiger partial charge >= 0.3 is 33.6 Å². The highest BCUT2D eigenvalue weighted by atomic mass is 31.2. The molecule has 16 nitrogen and oxygen atoms in total. The van der Waals surface area contributed by atoms with Gasteiger partial charge in [-0.2, -0.15) is 0 Å². The number of ether oxygens (including phenoxy) is 3. The normalized spacial score (nSPS) is 15.0. The number of carbonyl (C=O) groups is 3. The third kappa shape index (κ3) is 79.3. The lowest BCUT2D eigenvalue weighted by Crippen LogP contribution is -2.30. The van der Waals surface area contributed by atoms with E-state index in [-0.39, 0.29) is 19.3 Å². The topological polar surface area (TPSA) is 231 Å². The first-order valence-electron chi connectivity index (χ1n) is 39.7. The number of esters is 3. The summed E-state index contributed by atoms with van der Waals surface area (Å²) < 4.78 is 61.1. The zero-order valence-corrected chi connectivity index (χ0v) is 66.6. The van der Waals surface area contributed by atoms with Crippen LogP contribution in [0.25, 0.3) is 0 Å². The number of allylic oxidation sites excluding steroid dienone is 32. The first-order chi connectivity index (χ1) is 51.2. The predicted molar refractivity (Wildman–Crippen MR) is 435 cm³/mol. The largest absolute Gasteiger partial charge is 0.472 e. The molecule has 0 aromatic heterocycles. The van der Waals surface area contributed by atoms with Gasteiger partial charge in [-0.15, -0.1) is 0 Å². The van der Waals surface area contributed by atoms with Crippen molar-refractivity contribution in [3.63, 3.8) is 0 Å². The van der Waals surface area contributed by atoms with Crippen molar-refractivity contribution in [2.45, 2.75) is 296 Å². The number of unbranched alkanes of at least 4 members (excludes halogenated alkanes) is 18. The Morgan fingerprint density at radius 1 is 0.267 bits per heavy atom. The molecule has 18 heteroatoms. The van der Waals surface area contributed by atoms with Crippen molar-refractivity contribution in [3.8, 4) is 0 Å². The molecule has 594 valence electrons. The van der Waals surface area contributed by atoms with Gasteiger partial charge in [-0.25, -0.2) is 9.13 Å². The van der Waals surface area contributed by atoms with Crippen molar-refractivity contribution in [1.29, 1.82) is 0 Å². The summed E-state index contributed by atoms with van der Waals surface area (Å²) in [5.74, 6) is -1.66. The Balaban J connectivity index is 4.67. The number of hydrogen-bond donors (Lipinski definition) is 4. The summed E-state index contributed by atoms with van der Waals surface area (Å²) in [6.45, 7) is 2.24. The minimum atomic E-state index is -4.96. The van der Waals surface area contributed by atoms with Gasteiger partial charge in [-0.1, -0.05) is 292 Å². The number of phosphoric ester groups is 2. The zero-order chi connectivity index (χ0) is 76.6. The third-order valence-corrected chi connectivity index (χ3v) is 17.7. The molecule has 0 radical (unpaired) electrons. The van der Waals surface area contributed by atoms with E-state index in [2.05, 4.69) is 215 Å². The van der Waals surface area contributed by atoms with Gasteiger partial charge in [0.05, 0.1) is 26.4 Å². The Morgan fingerprint density at radius 3 is 0.771 bits per heavy atom.